The number of hydrogen-bond acceptors (Lipinski definition) is 2. The first-order valence-electron chi connectivity index (χ1n) is 16.1. The van der Waals surface area contributed by atoms with Gasteiger partial charge in [-0.15, -0.1) is 0 Å². The third kappa shape index (κ3) is 3.60. The summed E-state index contributed by atoms with van der Waals surface area (Å²) in [6, 6.07) is 36.6. The molecule has 0 amide bonds. The summed E-state index contributed by atoms with van der Waals surface area (Å²) in [7, 11) is 2.23. The zero-order chi connectivity index (χ0) is 30.7. The second kappa shape index (κ2) is 9.05. The van der Waals surface area contributed by atoms with Crippen LogP contribution >= 0.6 is 0 Å². The monoisotopic (exact) mass is 580 g/mol. The van der Waals surface area contributed by atoms with Crippen LogP contribution in [0.25, 0.3) is 44.4 Å². The van der Waals surface area contributed by atoms with Gasteiger partial charge in [-0.1, -0.05) is 119 Å². The molecule has 1 atom stereocenters. The molecule has 0 spiro atoms. The summed E-state index contributed by atoms with van der Waals surface area (Å²) in [6.07, 6.45) is 8.67. The molecule has 3 aliphatic carbocycles. The molecule has 5 aromatic carbocycles. The largest absolute Gasteiger partial charge is 0.360 e. The average molecular weight is 581 g/mol. The van der Waals surface area contributed by atoms with Crippen molar-refractivity contribution in [2.24, 2.45) is 4.99 Å². The molecule has 2 nitrogen and oxygen atoms in total. The Morgan fingerprint density at radius 1 is 0.578 bits per heavy atom. The van der Waals surface area contributed by atoms with Crippen LogP contribution in [0.3, 0.4) is 0 Å². The first kappa shape index (κ1) is 26.5. The molecule has 1 unspecified atom stereocenters. The van der Waals surface area contributed by atoms with Gasteiger partial charge in [-0.2, -0.15) is 0 Å². The second-order valence-corrected chi connectivity index (χ2v) is 14.1. The lowest BCUT2D eigenvalue weighted by Crippen LogP contribution is -2.39. The number of allylic oxidation sites excluding steroid dienone is 2. The van der Waals surface area contributed by atoms with Crippen LogP contribution in [-0.2, 0) is 10.8 Å². The summed E-state index contributed by atoms with van der Waals surface area (Å²) in [5.74, 6) is 0. The van der Waals surface area contributed by atoms with E-state index in [0.717, 1.165) is 11.4 Å². The molecule has 0 radical (unpaired) electrons. The fraction of sp³-hybridized carbons (Fsp3) is 0.186. The van der Waals surface area contributed by atoms with Crippen LogP contribution in [0.4, 0.5) is 0 Å². The van der Waals surface area contributed by atoms with E-state index in [4.69, 9.17) is 4.99 Å². The summed E-state index contributed by atoms with van der Waals surface area (Å²) in [4.78, 5) is 7.85. The molecule has 2 heteroatoms. The molecule has 218 valence electrons. The SMILES string of the molecule is CN1C(c2ccc3c(c2)C(C)(C)c2cc4ccccc4cc2-3)=C(c2ccc3c(c2)C(C)(C)c2ccccc2-3)N=C2C=CC=CC21. The highest BCUT2D eigenvalue weighted by Crippen LogP contribution is 2.52. The normalized spacial score (nSPS) is 19.6. The van der Waals surface area contributed by atoms with Gasteiger partial charge in [-0.05, 0) is 85.6 Å². The van der Waals surface area contributed by atoms with E-state index in [0.29, 0.717) is 0 Å². The number of rotatable bonds is 2. The maximum atomic E-state index is 5.43. The van der Waals surface area contributed by atoms with Gasteiger partial charge >= 0.3 is 0 Å². The molecule has 0 saturated heterocycles. The van der Waals surface area contributed by atoms with Crippen molar-refractivity contribution < 1.29 is 0 Å². The van der Waals surface area contributed by atoms with E-state index in [-0.39, 0.29) is 16.9 Å². The predicted molar refractivity (Wildman–Crippen MR) is 190 cm³/mol. The van der Waals surface area contributed by atoms with E-state index in [1.807, 2.05) is 0 Å². The molecule has 0 aromatic heterocycles. The third-order valence-electron chi connectivity index (χ3n) is 10.9. The Bertz CT molecular complexity index is 2240. The van der Waals surface area contributed by atoms with E-state index in [9.17, 15) is 0 Å². The lowest BCUT2D eigenvalue weighted by molar-refractivity contribution is 0.477. The van der Waals surface area contributed by atoms with Gasteiger partial charge in [-0.3, -0.25) is 0 Å². The summed E-state index contributed by atoms with van der Waals surface area (Å²) in [6.45, 7) is 9.45. The van der Waals surface area contributed by atoms with Crippen molar-refractivity contribution in [1.82, 2.24) is 4.90 Å². The lowest BCUT2D eigenvalue weighted by Gasteiger charge is -2.37. The van der Waals surface area contributed by atoms with Crippen LogP contribution in [0.5, 0.6) is 0 Å². The van der Waals surface area contributed by atoms with Crippen molar-refractivity contribution in [2.75, 3.05) is 7.05 Å². The van der Waals surface area contributed by atoms with Crippen molar-refractivity contribution in [3.8, 4) is 22.3 Å². The molecule has 1 heterocycles. The minimum absolute atomic E-state index is 0.0701. The lowest BCUT2D eigenvalue weighted by atomic mass is 9.80. The summed E-state index contributed by atoms with van der Waals surface area (Å²) in [5.41, 5.74) is 16.4. The number of benzene rings is 5. The van der Waals surface area contributed by atoms with Gasteiger partial charge in [-0.25, -0.2) is 4.99 Å². The number of likely N-dealkylation sites (N-methyl/N-ethyl adjacent to an activating group) is 1. The van der Waals surface area contributed by atoms with Crippen LogP contribution in [0.1, 0.15) is 61.1 Å². The second-order valence-electron chi connectivity index (χ2n) is 14.1. The van der Waals surface area contributed by atoms with E-state index in [2.05, 4.69) is 161 Å². The molecule has 5 aromatic rings. The quantitative estimate of drug-likeness (QED) is 0.203. The molecule has 1 aliphatic heterocycles. The van der Waals surface area contributed by atoms with Crippen LogP contribution < -0.4 is 0 Å². The highest BCUT2D eigenvalue weighted by Gasteiger charge is 2.39. The van der Waals surface area contributed by atoms with Gasteiger partial charge in [0.15, 0.2) is 0 Å². The van der Waals surface area contributed by atoms with Crippen molar-refractivity contribution in [1.29, 1.82) is 0 Å². The van der Waals surface area contributed by atoms with Crippen molar-refractivity contribution in [3.63, 3.8) is 0 Å². The van der Waals surface area contributed by atoms with Crippen LogP contribution in [0, 0.1) is 0 Å². The minimum atomic E-state index is -0.107. The molecule has 0 saturated carbocycles. The van der Waals surface area contributed by atoms with Gasteiger partial charge in [0.1, 0.15) is 0 Å². The Labute approximate surface area is 265 Å². The predicted octanol–water partition coefficient (Wildman–Crippen LogP) is 10.2. The first-order valence-corrected chi connectivity index (χ1v) is 16.1. The van der Waals surface area contributed by atoms with Gasteiger partial charge in [0, 0.05) is 29.0 Å². The molecule has 9 rings (SSSR count). The molecular formula is C43H36N2. The molecule has 4 aliphatic rings. The van der Waals surface area contributed by atoms with Crippen LogP contribution in [0.15, 0.2) is 126 Å². The van der Waals surface area contributed by atoms with Crippen LogP contribution in [0.2, 0.25) is 0 Å². The number of aliphatic imine (C=N–C) groups is 1. The highest BCUT2D eigenvalue weighted by molar-refractivity contribution is 6.10. The smallest absolute Gasteiger partial charge is 0.0946 e. The summed E-state index contributed by atoms with van der Waals surface area (Å²) < 4.78 is 0. The summed E-state index contributed by atoms with van der Waals surface area (Å²) in [5, 5.41) is 2.59. The zero-order valence-corrected chi connectivity index (χ0v) is 26.5. The van der Waals surface area contributed by atoms with Gasteiger partial charge in [0.25, 0.3) is 0 Å². The number of hydrogen-bond donors (Lipinski definition) is 0. The Balaban J connectivity index is 1.25. The zero-order valence-electron chi connectivity index (χ0n) is 26.5. The Morgan fingerprint density at radius 3 is 1.98 bits per heavy atom. The highest BCUT2D eigenvalue weighted by atomic mass is 15.2. The topological polar surface area (TPSA) is 15.6 Å². The standard InChI is InChI=1S/C43H36N2/c1-42(2)34-15-9-8-14-30(34)31-20-18-28(24-35(31)42)40-41(45(5)39-17-11-10-16-38(39)44-40)29-19-21-32-33-22-26-12-6-7-13-27(26)23-37(33)43(3,4)36(32)25-29/h6-25,39H,1-5H3. The molecule has 45 heavy (non-hydrogen) atoms. The van der Waals surface area contributed by atoms with Crippen molar-refractivity contribution in [2.45, 2.75) is 44.6 Å². The molecule has 0 N–H and O–H groups in total. The first-order chi connectivity index (χ1) is 21.7. The van der Waals surface area contributed by atoms with Gasteiger partial charge in [0.05, 0.1) is 23.1 Å². The number of nitrogens with zero attached hydrogens (tertiary/aromatic N) is 2. The van der Waals surface area contributed by atoms with E-state index >= 15 is 0 Å². The Morgan fingerprint density at radius 2 is 1.18 bits per heavy atom. The van der Waals surface area contributed by atoms with E-state index < -0.39 is 0 Å². The molecular weight excluding hydrogens is 544 g/mol. The Hall–Kier alpha value is -4.95. The van der Waals surface area contributed by atoms with Gasteiger partial charge in [0.2, 0.25) is 0 Å². The molecule has 0 fully saturated rings. The number of fused-ring (bicyclic) bond motifs is 8. The fourth-order valence-corrected chi connectivity index (χ4v) is 8.40. The van der Waals surface area contributed by atoms with Crippen molar-refractivity contribution >= 4 is 27.9 Å². The molecule has 0 bridgehead atoms. The van der Waals surface area contributed by atoms with Crippen molar-refractivity contribution in [3.05, 3.63) is 155 Å². The maximum absolute atomic E-state index is 5.43. The van der Waals surface area contributed by atoms with Gasteiger partial charge < -0.3 is 4.90 Å². The fourth-order valence-electron chi connectivity index (χ4n) is 8.40. The third-order valence-corrected chi connectivity index (χ3v) is 10.9. The van der Waals surface area contributed by atoms with E-state index in [1.165, 1.54) is 72.1 Å². The minimum Gasteiger partial charge on any atom is -0.360 e. The maximum Gasteiger partial charge on any atom is 0.0946 e. The van der Waals surface area contributed by atoms with E-state index in [1.54, 1.807) is 0 Å². The van der Waals surface area contributed by atoms with Crippen LogP contribution in [-0.4, -0.2) is 23.7 Å². The Kier molecular flexibility index (Phi) is 5.32. The average Bonchev–Trinajstić information content (AvgIpc) is 3.42. The summed E-state index contributed by atoms with van der Waals surface area (Å²) >= 11 is 0.